The van der Waals surface area contributed by atoms with Crippen molar-refractivity contribution in [3.8, 4) is 10.7 Å². The van der Waals surface area contributed by atoms with Crippen LogP contribution in [-0.2, 0) is 17.6 Å². The van der Waals surface area contributed by atoms with Gasteiger partial charge in [0.15, 0.2) is 5.82 Å². The van der Waals surface area contributed by atoms with Crippen LogP contribution in [0.2, 0.25) is 9.36 Å². The molecular weight excluding hydrogens is 405 g/mol. The molecule has 0 aliphatic heterocycles. The highest BCUT2D eigenvalue weighted by Gasteiger charge is 2.15. The molecule has 0 amide bonds. The summed E-state index contributed by atoms with van der Waals surface area (Å²) >= 11 is 13.8. The molecular formula is C19H17Cl2N3O2S. The molecule has 0 aliphatic rings. The molecule has 0 saturated carbocycles. The van der Waals surface area contributed by atoms with E-state index in [2.05, 4.69) is 15.3 Å². The Bertz CT molecular complexity index is 1000. The third-order valence-electron chi connectivity index (χ3n) is 4.00. The zero-order valence-electron chi connectivity index (χ0n) is 14.7. The monoisotopic (exact) mass is 421 g/mol. The quantitative estimate of drug-likeness (QED) is 0.529. The van der Waals surface area contributed by atoms with Gasteiger partial charge in [-0.1, -0.05) is 36.2 Å². The summed E-state index contributed by atoms with van der Waals surface area (Å²) in [6.45, 7) is 3.98. The molecule has 140 valence electrons. The van der Waals surface area contributed by atoms with E-state index in [-0.39, 0.29) is 6.42 Å². The highest BCUT2D eigenvalue weighted by molar-refractivity contribution is 7.19. The van der Waals surface area contributed by atoms with E-state index in [1.165, 1.54) is 11.3 Å². The van der Waals surface area contributed by atoms with E-state index < -0.39 is 5.97 Å². The first-order valence-electron chi connectivity index (χ1n) is 8.27. The lowest BCUT2D eigenvalue weighted by Crippen LogP contribution is -2.05. The standard InChI is InChI=1S/C19H17Cl2N3O2S/c1-3-12-10(2)22-19(15-6-7-16(21)27-15)24-18(12)23-14-5-4-11(8-13(14)20)9-17(25)26/h4-8H,3,9H2,1-2H3,(H,25,26)(H,22,23,24). The molecule has 3 rings (SSSR count). The Balaban J connectivity index is 1.98. The van der Waals surface area contributed by atoms with Gasteiger partial charge in [0.1, 0.15) is 5.82 Å². The minimum Gasteiger partial charge on any atom is -0.481 e. The normalized spacial score (nSPS) is 10.8. The fourth-order valence-corrected chi connectivity index (χ4v) is 3.97. The summed E-state index contributed by atoms with van der Waals surface area (Å²) in [7, 11) is 0. The second kappa shape index (κ2) is 8.25. The summed E-state index contributed by atoms with van der Waals surface area (Å²) in [6.07, 6.45) is 0.685. The molecule has 2 aromatic heterocycles. The summed E-state index contributed by atoms with van der Waals surface area (Å²) in [6, 6.07) is 8.86. The van der Waals surface area contributed by atoms with Crippen LogP contribution in [0, 0.1) is 6.92 Å². The van der Waals surface area contributed by atoms with Crippen molar-refractivity contribution in [1.82, 2.24) is 9.97 Å². The summed E-state index contributed by atoms with van der Waals surface area (Å²) in [4.78, 5) is 21.0. The van der Waals surface area contributed by atoms with Gasteiger partial charge in [-0.3, -0.25) is 4.79 Å². The lowest BCUT2D eigenvalue weighted by molar-refractivity contribution is -0.136. The van der Waals surface area contributed by atoms with E-state index in [0.717, 1.165) is 22.6 Å². The fourth-order valence-electron chi connectivity index (χ4n) is 2.74. The first-order valence-corrected chi connectivity index (χ1v) is 9.85. The third kappa shape index (κ3) is 4.58. The van der Waals surface area contributed by atoms with E-state index in [9.17, 15) is 4.79 Å². The van der Waals surface area contributed by atoms with Crippen LogP contribution < -0.4 is 5.32 Å². The van der Waals surface area contributed by atoms with Crippen molar-refractivity contribution < 1.29 is 9.90 Å². The molecule has 0 fully saturated rings. The predicted molar refractivity (Wildman–Crippen MR) is 111 cm³/mol. The van der Waals surface area contributed by atoms with Crippen LogP contribution in [0.1, 0.15) is 23.7 Å². The van der Waals surface area contributed by atoms with Gasteiger partial charge in [-0.25, -0.2) is 9.97 Å². The van der Waals surface area contributed by atoms with Crippen molar-refractivity contribution >= 4 is 52.0 Å². The van der Waals surface area contributed by atoms with Crippen LogP contribution in [0.25, 0.3) is 10.7 Å². The van der Waals surface area contributed by atoms with Gasteiger partial charge in [0, 0.05) is 11.3 Å². The maximum atomic E-state index is 10.9. The molecule has 1 aromatic carbocycles. The van der Waals surface area contributed by atoms with E-state index in [1.54, 1.807) is 18.2 Å². The molecule has 3 aromatic rings. The third-order valence-corrected chi connectivity index (χ3v) is 5.54. The number of carbonyl (C=O) groups is 1. The van der Waals surface area contributed by atoms with Gasteiger partial charge < -0.3 is 10.4 Å². The number of anilines is 2. The largest absolute Gasteiger partial charge is 0.481 e. The van der Waals surface area contributed by atoms with E-state index in [1.807, 2.05) is 26.0 Å². The second-order valence-corrected chi connectivity index (χ2v) is 8.05. The first kappa shape index (κ1) is 19.6. The van der Waals surface area contributed by atoms with Crippen LogP contribution in [0.4, 0.5) is 11.5 Å². The molecule has 0 aliphatic carbocycles. The maximum absolute atomic E-state index is 10.9. The number of aromatic nitrogens is 2. The van der Waals surface area contributed by atoms with Crippen LogP contribution in [0.5, 0.6) is 0 Å². The van der Waals surface area contributed by atoms with E-state index in [4.69, 9.17) is 28.3 Å². The zero-order chi connectivity index (χ0) is 19.6. The van der Waals surface area contributed by atoms with Crippen molar-refractivity contribution in [2.24, 2.45) is 0 Å². The van der Waals surface area contributed by atoms with Crippen molar-refractivity contribution in [3.63, 3.8) is 0 Å². The van der Waals surface area contributed by atoms with Crippen molar-refractivity contribution in [3.05, 3.63) is 56.5 Å². The number of hydrogen-bond donors (Lipinski definition) is 2. The van der Waals surface area contributed by atoms with Crippen molar-refractivity contribution in [1.29, 1.82) is 0 Å². The maximum Gasteiger partial charge on any atom is 0.307 e. The van der Waals surface area contributed by atoms with Gasteiger partial charge in [0.25, 0.3) is 0 Å². The fraction of sp³-hybridized carbons (Fsp3) is 0.211. The van der Waals surface area contributed by atoms with Gasteiger partial charge in [-0.05, 0) is 43.2 Å². The molecule has 0 saturated heterocycles. The summed E-state index contributed by atoms with van der Waals surface area (Å²) in [5.74, 6) is 0.380. The number of carboxylic acid groups (broad SMARTS) is 1. The molecule has 0 unspecified atom stereocenters. The molecule has 8 heteroatoms. The summed E-state index contributed by atoms with van der Waals surface area (Å²) in [5, 5.41) is 12.6. The Morgan fingerprint density at radius 2 is 2.00 bits per heavy atom. The number of nitrogens with zero attached hydrogens (tertiary/aromatic N) is 2. The minimum atomic E-state index is -0.897. The van der Waals surface area contributed by atoms with Crippen LogP contribution in [-0.4, -0.2) is 21.0 Å². The number of rotatable bonds is 6. The predicted octanol–water partition coefficient (Wildman–Crippen LogP) is 5.75. The first-order chi connectivity index (χ1) is 12.9. The summed E-state index contributed by atoms with van der Waals surface area (Å²) < 4.78 is 0.678. The topological polar surface area (TPSA) is 75.1 Å². The van der Waals surface area contributed by atoms with Gasteiger partial charge in [0.2, 0.25) is 0 Å². The average Bonchev–Trinajstić information content (AvgIpc) is 3.03. The Morgan fingerprint density at radius 3 is 2.59 bits per heavy atom. The SMILES string of the molecule is CCc1c(C)nc(-c2ccc(Cl)s2)nc1Nc1ccc(CC(=O)O)cc1Cl. The Labute approximate surface area is 171 Å². The highest BCUT2D eigenvalue weighted by atomic mass is 35.5. The van der Waals surface area contributed by atoms with Crippen LogP contribution >= 0.6 is 34.5 Å². The lowest BCUT2D eigenvalue weighted by Gasteiger charge is -2.15. The van der Waals surface area contributed by atoms with Crippen molar-refractivity contribution in [2.45, 2.75) is 26.7 Å². The van der Waals surface area contributed by atoms with Crippen LogP contribution in [0.15, 0.2) is 30.3 Å². The zero-order valence-corrected chi connectivity index (χ0v) is 17.0. The Hall–Kier alpha value is -2.15. The molecule has 0 atom stereocenters. The second-order valence-electron chi connectivity index (χ2n) is 5.93. The van der Waals surface area contributed by atoms with Gasteiger partial charge in [0.05, 0.1) is 26.3 Å². The van der Waals surface area contributed by atoms with Crippen LogP contribution in [0.3, 0.4) is 0 Å². The molecule has 0 radical (unpaired) electrons. The molecule has 2 N–H and O–H groups in total. The number of benzene rings is 1. The number of nitrogens with one attached hydrogen (secondary N) is 1. The molecule has 0 bridgehead atoms. The number of aliphatic carboxylic acids is 1. The molecule has 0 spiro atoms. The number of thiophene rings is 1. The van der Waals surface area contributed by atoms with E-state index >= 15 is 0 Å². The summed E-state index contributed by atoms with van der Waals surface area (Å²) in [5.41, 5.74) is 3.18. The molecule has 27 heavy (non-hydrogen) atoms. The van der Waals surface area contributed by atoms with E-state index in [0.29, 0.717) is 32.3 Å². The van der Waals surface area contributed by atoms with Gasteiger partial charge in [-0.2, -0.15) is 0 Å². The lowest BCUT2D eigenvalue weighted by atomic mass is 10.1. The van der Waals surface area contributed by atoms with Gasteiger partial charge in [-0.15, -0.1) is 11.3 Å². The number of carboxylic acids is 1. The van der Waals surface area contributed by atoms with Crippen molar-refractivity contribution in [2.75, 3.05) is 5.32 Å². The highest BCUT2D eigenvalue weighted by Crippen LogP contribution is 2.33. The Morgan fingerprint density at radius 1 is 1.22 bits per heavy atom. The number of hydrogen-bond acceptors (Lipinski definition) is 5. The smallest absolute Gasteiger partial charge is 0.307 e. The average molecular weight is 422 g/mol. The number of halogens is 2. The molecule has 5 nitrogen and oxygen atoms in total. The Kier molecular flexibility index (Phi) is 5.99. The minimum absolute atomic E-state index is 0.0733. The molecule has 2 heterocycles. The van der Waals surface area contributed by atoms with Gasteiger partial charge >= 0.3 is 5.97 Å². The number of aryl methyl sites for hydroxylation is 1.